The molecule has 6 atom stereocenters. The number of aliphatic hydroxyl groups excluding tert-OH is 1. The first kappa shape index (κ1) is 18.9. The predicted molar refractivity (Wildman–Crippen MR) is 100 cm³/mol. The highest BCUT2D eigenvalue weighted by atomic mass is 16.8. The maximum absolute atomic E-state index is 12.6. The summed E-state index contributed by atoms with van der Waals surface area (Å²) >= 11 is 0. The third-order valence-electron chi connectivity index (χ3n) is 4.77. The van der Waals surface area contributed by atoms with Crippen LogP contribution in [-0.2, 0) is 14.2 Å². The number of rotatable bonds is 5. The van der Waals surface area contributed by atoms with E-state index in [9.17, 15) is 9.90 Å². The molecule has 9 nitrogen and oxygen atoms in total. The second kappa shape index (κ2) is 7.88. The van der Waals surface area contributed by atoms with Crippen LogP contribution in [0.3, 0.4) is 0 Å². The molecular weight excluding hydrogens is 364 g/mol. The first-order valence-electron chi connectivity index (χ1n) is 9.16. The smallest absolute Gasteiger partial charge is 0.325 e. The summed E-state index contributed by atoms with van der Waals surface area (Å²) in [5.74, 6) is 0. The summed E-state index contributed by atoms with van der Waals surface area (Å²) in [6, 6.07) is 9.20. The van der Waals surface area contributed by atoms with Gasteiger partial charge in [0, 0.05) is 25.9 Å². The maximum Gasteiger partial charge on any atom is 0.325 e. The number of ether oxygens (including phenoxy) is 3. The fourth-order valence-corrected chi connectivity index (χ4v) is 3.46. The number of nitrogens with one attached hydrogen (secondary N) is 1. The minimum absolute atomic E-state index is 0.225. The molecule has 2 fully saturated rings. The predicted octanol–water partition coefficient (Wildman–Crippen LogP) is 0.641. The van der Waals surface area contributed by atoms with Crippen molar-refractivity contribution >= 4 is 12.4 Å². The highest BCUT2D eigenvalue weighted by Gasteiger charge is 2.55. The van der Waals surface area contributed by atoms with E-state index in [0.29, 0.717) is 0 Å². The van der Waals surface area contributed by atoms with Gasteiger partial charge >= 0.3 is 6.03 Å². The molecule has 28 heavy (non-hydrogen) atoms. The molecule has 2 saturated heterocycles. The zero-order valence-electron chi connectivity index (χ0n) is 15.7. The molecular formula is C19H24N4O5. The number of carbonyl (C=O) groups is 1. The highest BCUT2D eigenvalue weighted by molar-refractivity contribution is 5.77. The lowest BCUT2D eigenvalue weighted by Gasteiger charge is -2.32. The average Bonchev–Trinajstić information content (AvgIpc) is 3.27. The molecule has 3 aliphatic heterocycles. The molecule has 2 N–H and O–H groups in total. The van der Waals surface area contributed by atoms with Crippen LogP contribution in [0, 0.1) is 0 Å². The Morgan fingerprint density at radius 3 is 2.64 bits per heavy atom. The van der Waals surface area contributed by atoms with Gasteiger partial charge in [-0.15, -0.1) is 0 Å². The van der Waals surface area contributed by atoms with Gasteiger partial charge in [0.25, 0.3) is 0 Å². The molecule has 0 bridgehead atoms. The van der Waals surface area contributed by atoms with Gasteiger partial charge in [0.1, 0.15) is 24.5 Å². The van der Waals surface area contributed by atoms with Crippen LogP contribution >= 0.6 is 0 Å². The number of aliphatic imine (C=N–C) groups is 1. The van der Waals surface area contributed by atoms with Crippen molar-refractivity contribution < 1.29 is 24.1 Å². The summed E-state index contributed by atoms with van der Waals surface area (Å²) in [5, 5.41) is 12.5. The second-order valence-electron chi connectivity index (χ2n) is 7.06. The summed E-state index contributed by atoms with van der Waals surface area (Å²) in [6.45, 7) is -0.225. The molecule has 1 aromatic carbocycles. The minimum atomic E-state index is -0.703. The Kier molecular flexibility index (Phi) is 5.31. The van der Waals surface area contributed by atoms with Crippen LogP contribution < -0.4 is 5.32 Å². The summed E-state index contributed by atoms with van der Waals surface area (Å²) in [4.78, 5) is 20.1. The van der Waals surface area contributed by atoms with Crippen molar-refractivity contribution in [2.45, 2.75) is 37.0 Å². The van der Waals surface area contributed by atoms with Crippen LogP contribution in [0.15, 0.2) is 47.6 Å². The summed E-state index contributed by atoms with van der Waals surface area (Å²) in [7, 11) is 3.71. The van der Waals surface area contributed by atoms with Gasteiger partial charge in [0.15, 0.2) is 12.5 Å². The molecule has 3 aliphatic rings. The molecule has 0 spiro atoms. The third kappa shape index (κ3) is 3.61. The van der Waals surface area contributed by atoms with Crippen LogP contribution in [0.2, 0.25) is 0 Å². The van der Waals surface area contributed by atoms with Crippen LogP contribution in [0.1, 0.15) is 11.9 Å². The normalized spacial score (nSPS) is 34.7. The van der Waals surface area contributed by atoms with E-state index < -0.39 is 37.0 Å². The quantitative estimate of drug-likeness (QED) is 0.568. The minimum Gasteiger partial charge on any atom is -0.394 e. The van der Waals surface area contributed by atoms with Gasteiger partial charge in [0.2, 0.25) is 0 Å². The van der Waals surface area contributed by atoms with E-state index in [1.165, 1.54) is 4.90 Å². The van der Waals surface area contributed by atoms with Gasteiger partial charge in [0.05, 0.1) is 12.9 Å². The molecule has 9 heteroatoms. The first-order valence-corrected chi connectivity index (χ1v) is 9.16. The summed E-state index contributed by atoms with van der Waals surface area (Å²) < 4.78 is 17.9. The molecule has 2 amide bonds. The number of benzene rings is 1. The summed E-state index contributed by atoms with van der Waals surface area (Å²) in [6.07, 6.45) is 1.76. The Bertz CT molecular complexity index is 756. The van der Waals surface area contributed by atoms with Crippen LogP contribution in [0.5, 0.6) is 0 Å². The Morgan fingerprint density at radius 2 is 1.96 bits per heavy atom. The molecule has 0 aromatic heterocycles. The van der Waals surface area contributed by atoms with Crippen molar-refractivity contribution in [2.24, 2.45) is 4.99 Å². The van der Waals surface area contributed by atoms with Gasteiger partial charge in [-0.1, -0.05) is 30.3 Å². The second-order valence-corrected chi connectivity index (χ2v) is 7.06. The van der Waals surface area contributed by atoms with Crippen LogP contribution in [-0.4, -0.2) is 78.7 Å². The molecule has 4 unspecified atom stereocenters. The number of urea groups is 1. The number of nitrogens with zero attached hydrogens (tertiary/aromatic N) is 3. The highest BCUT2D eigenvalue weighted by Crippen LogP contribution is 2.41. The van der Waals surface area contributed by atoms with Crippen molar-refractivity contribution in [1.29, 1.82) is 0 Å². The van der Waals surface area contributed by atoms with E-state index >= 15 is 0 Å². The van der Waals surface area contributed by atoms with Crippen molar-refractivity contribution in [3.63, 3.8) is 0 Å². The van der Waals surface area contributed by atoms with Crippen molar-refractivity contribution in [3.8, 4) is 0 Å². The maximum atomic E-state index is 12.6. The topological polar surface area (TPSA) is 95.9 Å². The third-order valence-corrected chi connectivity index (χ3v) is 4.77. The van der Waals surface area contributed by atoms with Gasteiger partial charge < -0.3 is 29.5 Å². The van der Waals surface area contributed by atoms with E-state index in [-0.39, 0.29) is 12.6 Å². The van der Waals surface area contributed by atoms with E-state index in [2.05, 4.69) is 10.3 Å². The molecule has 3 heterocycles. The van der Waals surface area contributed by atoms with Crippen molar-refractivity contribution in [3.05, 3.63) is 48.2 Å². The van der Waals surface area contributed by atoms with Gasteiger partial charge in [-0.2, -0.15) is 0 Å². The largest absolute Gasteiger partial charge is 0.394 e. The fourth-order valence-electron chi connectivity index (χ4n) is 3.46. The van der Waals surface area contributed by atoms with E-state index in [1.54, 1.807) is 23.5 Å². The van der Waals surface area contributed by atoms with Gasteiger partial charge in [-0.3, -0.25) is 4.90 Å². The zero-order chi connectivity index (χ0) is 19.7. The van der Waals surface area contributed by atoms with E-state index in [0.717, 1.165) is 5.56 Å². The number of hydrogen-bond acceptors (Lipinski definition) is 6. The molecule has 0 aliphatic carbocycles. The monoisotopic (exact) mass is 388 g/mol. The average molecular weight is 388 g/mol. The lowest BCUT2D eigenvalue weighted by Crippen LogP contribution is -2.52. The zero-order valence-corrected chi connectivity index (χ0v) is 15.7. The molecule has 0 radical (unpaired) electrons. The fraction of sp³-hybridized carbons (Fsp3) is 0.474. The Balaban J connectivity index is 1.50. The molecule has 1 aromatic rings. The number of fused-ring (bicyclic) bond motifs is 1. The van der Waals surface area contributed by atoms with Crippen molar-refractivity contribution in [2.75, 3.05) is 20.7 Å². The molecule has 4 rings (SSSR count). The van der Waals surface area contributed by atoms with Crippen LogP contribution in [0.25, 0.3) is 0 Å². The molecule has 0 saturated carbocycles. The number of carbonyl (C=O) groups excluding carboxylic acids is 1. The van der Waals surface area contributed by atoms with Gasteiger partial charge in [-0.25, -0.2) is 9.79 Å². The standard InChI is InChI=1S/C19H24N4O5/c1-22(2)11-20-14-8-9-23(19(25)21-14)17-16-15(13(10-24)26-17)27-18(28-16)12-6-4-3-5-7-12/h3-9,11,13-18,24H,10H2,1-2H3,(H,21,25)/b20-11-/t13-,14?,15?,16?,17-,18?/m1/s1. The SMILES string of the molecule is CN(C)/C=N\C1C=CN([C@@H]2O[C@H](CO)C3OC(c4ccccc4)OC32)C(=O)N1. The first-order chi connectivity index (χ1) is 13.6. The Morgan fingerprint density at radius 1 is 1.21 bits per heavy atom. The number of amides is 2. The Hall–Kier alpha value is -2.46. The van der Waals surface area contributed by atoms with Crippen molar-refractivity contribution in [1.82, 2.24) is 15.1 Å². The number of hydrogen-bond donors (Lipinski definition) is 2. The van der Waals surface area contributed by atoms with Gasteiger partial charge in [-0.05, 0) is 6.08 Å². The molecule has 150 valence electrons. The summed E-state index contributed by atoms with van der Waals surface area (Å²) in [5.41, 5.74) is 0.879. The lowest BCUT2D eigenvalue weighted by molar-refractivity contribution is -0.157. The van der Waals surface area contributed by atoms with E-state index in [4.69, 9.17) is 14.2 Å². The number of aliphatic hydroxyl groups is 1. The lowest BCUT2D eigenvalue weighted by atomic mass is 10.1. The Labute approximate surface area is 163 Å². The van der Waals surface area contributed by atoms with E-state index in [1.807, 2.05) is 44.4 Å². The van der Waals surface area contributed by atoms with Crippen LogP contribution in [0.4, 0.5) is 4.79 Å².